The van der Waals surface area contributed by atoms with Gasteiger partial charge in [-0.3, -0.25) is 9.59 Å². The summed E-state index contributed by atoms with van der Waals surface area (Å²) in [5, 5.41) is 3.55. The van der Waals surface area contributed by atoms with Crippen LogP contribution in [0.4, 0.5) is 26.3 Å². The second-order valence-corrected chi connectivity index (χ2v) is 9.49. The quantitative estimate of drug-likeness (QED) is 0.243. The van der Waals surface area contributed by atoms with Gasteiger partial charge in [-0.15, -0.1) is 0 Å². The summed E-state index contributed by atoms with van der Waals surface area (Å²) < 4.78 is 78.0. The van der Waals surface area contributed by atoms with Crippen LogP contribution in [0.2, 0.25) is 15.1 Å². The summed E-state index contributed by atoms with van der Waals surface area (Å²) in [6.45, 7) is -0.356. The maximum Gasteiger partial charge on any atom is 0.405 e. The van der Waals surface area contributed by atoms with Crippen molar-refractivity contribution in [3.05, 3.63) is 72.6 Å². The molecule has 0 aromatic heterocycles. The minimum absolute atomic E-state index is 0.00579. The first kappa shape index (κ1) is 30.3. The van der Waals surface area contributed by atoms with E-state index in [0.29, 0.717) is 0 Å². The van der Waals surface area contributed by atoms with E-state index in [9.17, 15) is 35.9 Å². The first-order valence-corrected chi connectivity index (χ1v) is 11.8. The van der Waals surface area contributed by atoms with E-state index in [2.05, 4.69) is 21.2 Å². The third kappa shape index (κ3) is 8.57. The third-order valence-corrected chi connectivity index (χ3v) is 6.49. The zero-order chi connectivity index (χ0) is 27.4. The van der Waals surface area contributed by atoms with Gasteiger partial charge in [0, 0.05) is 4.47 Å². The molecule has 2 N–H and O–H groups in total. The standard InChI is InChI=1S/C22H16BrCl3F6N2O2/c1-10(19(35)33-9-21(27,28)29)34-20(36)13-4-2-11(6-15(13)23)3-5-14(22(30,31)32)12-7-16(24)18(26)17(25)8-12/h2-8,10,14H,9H2,1H3,(H,33,35)(H,34,36). The highest BCUT2D eigenvalue weighted by atomic mass is 79.9. The van der Waals surface area contributed by atoms with Gasteiger partial charge in [0.25, 0.3) is 5.91 Å². The van der Waals surface area contributed by atoms with Crippen molar-refractivity contribution in [3.8, 4) is 0 Å². The van der Waals surface area contributed by atoms with Crippen molar-refractivity contribution >= 4 is 68.6 Å². The molecule has 0 fully saturated rings. The lowest BCUT2D eigenvalue weighted by molar-refractivity contribution is -0.139. The molecule has 4 nitrogen and oxygen atoms in total. The highest BCUT2D eigenvalue weighted by Gasteiger charge is 2.39. The van der Waals surface area contributed by atoms with E-state index in [1.54, 1.807) is 5.32 Å². The second kappa shape index (κ2) is 12.1. The Balaban J connectivity index is 2.19. The molecule has 0 aliphatic carbocycles. The maximum atomic E-state index is 13.7. The molecule has 0 saturated carbocycles. The Labute approximate surface area is 225 Å². The monoisotopic (exact) mass is 638 g/mol. The smallest absolute Gasteiger partial charge is 0.345 e. The SMILES string of the molecule is CC(NC(=O)c1ccc(C=CC(c2cc(Cl)c(Cl)c(Cl)c2)C(F)(F)F)cc1Br)C(=O)NCC(F)(F)F. The van der Waals surface area contributed by atoms with Gasteiger partial charge in [-0.25, -0.2) is 0 Å². The van der Waals surface area contributed by atoms with Crippen molar-refractivity contribution in [1.29, 1.82) is 0 Å². The van der Waals surface area contributed by atoms with Gasteiger partial charge in [0.05, 0.1) is 26.5 Å². The third-order valence-electron chi connectivity index (χ3n) is 4.64. The van der Waals surface area contributed by atoms with Crippen molar-refractivity contribution in [3.63, 3.8) is 0 Å². The number of hydrogen-bond acceptors (Lipinski definition) is 2. The minimum Gasteiger partial charge on any atom is -0.345 e. The van der Waals surface area contributed by atoms with Gasteiger partial charge in [0.2, 0.25) is 5.91 Å². The Hall–Kier alpha value is -1.95. The van der Waals surface area contributed by atoms with Crippen molar-refractivity contribution in [2.75, 3.05) is 6.54 Å². The average Bonchev–Trinajstić information content (AvgIpc) is 2.74. The van der Waals surface area contributed by atoms with E-state index >= 15 is 0 Å². The van der Waals surface area contributed by atoms with Crippen molar-refractivity contribution < 1.29 is 35.9 Å². The minimum atomic E-state index is -4.68. The molecule has 2 amide bonds. The number of benzene rings is 2. The molecule has 0 bridgehead atoms. The fourth-order valence-electron chi connectivity index (χ4n) is 2.87. The number of carbonyl (C=O) groups excluding carboxylic acids is 2. The van der Waals surface area contributed by atoms with Crippen LogP contribution in [0.15, 0.2) is 40.9 Å². The summed E-state index contributed by atoms with van der Waals surface area (Å²) in [6, 6.07) is 4.82. The molecule has 36 heavy (non-hydrogen) atoms. The lowest BCUT2D eigenvalue weighted by Crippen LogP contribution is -2.47. The van der Waals surface area contributed by atoms with Gasteiger partial charge < -0.3 is 10.6 Å². The zero-order valence-corrected chi connectivity index (χ0v) is 21.9. The van der Waals surface area contributed by atoms with E-state index in [-0.39, 0.29) is 36.2 Å². The maximum absolute atomic E-state index is 13.7. The summed E-state index contributed by atoms with van der Waals surface area (Å²) in [5.74, 6) is -3.90. The molecule has 2 rings (SSSR count). The first-order chi connectivity index (χ1) is 16.5. The van der Waals surface area contributed by atoms with Crippen molar-refractivity contribution in [2.45, 2.75) is 31.2 Å². The van der Waals surface area contributed by atoms with E-state index in [0.717, 1.165) is 18.2 Å². The highest BCUT2D eigenvalue weighted by molar-refractivity contribution is 9.10. The Bertz CT molecular complexity index is 1150. The molecule has 2 atom stereocenters. The Kier molecular flexibility index (Phi) is 10.1. The summed E-state index contributed by atoms with van der Waals surface area (Å²) in [4.78, 5) is 24.2. The summed E-state index contributed by atoms with van der Waals surface area (Å²) in [7, 11) is 0. The number of carbonyl (C=O) groups is 2. The largest absolute Gasteiger partial charge is 0.405 e. The summed E-state index contributed by atoms with van der Waals surface area (Å²) >= 11 is 20.7. The summed E-state index contributed by atoms with van der Waals surface area (Å²) in [6.07, 6.45) is -7.24. The molecule has 2 aromatic carbocycles. The highest BCUT2D eigenvalue weighted by Crippen LogP contribution is 2.41. The zero-order valence-electron chi connectivity index (χ0n) is 18.0. The average molecular weight is 641 g/mol. The molecule has 0 spiro atoms. The van der Waals surface area contributed by atoms with Crippen LogP contribution >= 0.6 is 50.7 Å². The number of alkyl halides is 6. The summed E-state index contributed by atoms with van der Waals surface area (Å²) in [5.41, 5.74) is 0.0621. The van der Waals surface area contributed by atoms with Crippen LogP contribution in [-0.2, 0) is 4.79 Å². The Morgan fingerprint density at radius 1 is 1.03 bits per heavy atom. The lowest BCUT2D eigenvalue weighted by Gasteiger charge is -2.18. The Morgan fingerprint density at radius 3 is 2.11 bits per heavy atom. The van der Waals surface area contributed by atoms with Gasteiger partial charge >= 0.3 is 12.4 Å². The van der Waals surface area contributed by atoms with Gasteiger partial charge in [-0.1, -0.05) is 53.0 Å². The van der Waals surface area contributed by atoms with Gasteiger partial charge in [0.15, 0.2) is 0 Å². The van der Waals surface area contributed by atoms with Crippen LogP contribution in [0, 0.1) is 0 Å². The molecule has 196 valence electrons. The van der Waals surface area contributed by atoms with Crippen LogP contribution < -0.4 is 10.6 Å². The normalized spacial score (nSPS) is 14.0. The van der Waals surface area contributed by atoms with Crippen molar-refractivity contribution in [2.24, 2.45) is 0 Å². The van der Waals surface area contributed by atoms with Crippen LogP contribution in [0.5, 0.6) is 0 Å². The molecule has 14 heteroatoms. The fraction of sp³-hybridized carbons (Fsp3) is 0.273. The Morgan fingerprint density at radius 2 is 1.61 bits per heavy atom. The lowest BCUT2D eigenvalue weighted by atomic mass is 9.97. The number of hydrogen-bond donors (Lipinski definition) is 2. The molecular weight excluding hydrogens is 625 g/mol. The van der Waals surface area contributed by atoms with E-state index in [4.69, 9.17) is 34.8 Å². The predicted octanol–water partition coefficient (Wildman–Crippen LogP) is 7.57. The topological polar surface area (TPSA) is 58.2 Å². The van der Waals surface area contributed by atoms with Crippen LogP contribution in [0.1, 0.15) is 34.3 Å². The first-order valence-electron chi connectivity index (χ1n) is 9.84. The van der Waals surface area contributed by atoms with Crippen LogP contribution in [0.25, 0.3) is 6.08 Å². The second-order valence-electron chi connectivity index (χ2n) is 7.44. The van der Waals surface area contributed by atoms with Gasteiger partial charge in [-0.2, -0.15) is 26.3 Å². The molecule has 0 aliphatic rings. The van der Waals surface area contributed by atoms with Crippen LogP contribution in [0.3, 0.4) is 0 Å². The number of allylic oxidation sites excluding steroid dienone is 1. The molecule has 0 saturated heterocycles. The molecule has 0 aliphatic heterocycles. The number of halogens is 10. The van der Waals surface area contributed by atoms with Crippen LogP contribution in [-0.4, -0.2) is 36.8 Å². The van der Waals surface area contributed by atoms with Gasteiger partial charge in [-0.05, 0) is 58.2 Å². The van der Waals surface area contributed by atoms with E-state index in [1.165, 1.54) is 31.2 Å². The molecule has 2 unspecified atom stereocenters. The van der Waals surface area contributed by atoms with E-state index in [1.807, 2.05) is 0 Å². The molecule has 0 heterocycles. The predicted molar refractivity (Wildman–Crippen MR) is 129 cm³/mol. The number of rotatable bonds is 7. The fourth-order valence-corrected chi connectivity index (χ4v) is 4.06. The number of nitrogens with one attached hydrogen (secondary N) is 2. The van der Waals surface area contributed by atoms with Gasteiger partial charge in [0.1, 0.15) is 12.6 Å². The molecular formula is C22H16BrCl3F6N2O2. The molecule has 0 radical (unpaired) electrons. The number of amides is 2. The van der Waals surface area contributed by atoms with Crippen molar-refractivity contribution in [1.82, 2.24) is 10.6 Å². The molecule has 2 aromatic rings. The van der Waals surface area contributed by atoms with E-state index < -0.39 is 42.7 Å².